The number of hydrogen-bond donors (Lipinski definition) is 1. The van der Waals surface area contributed by atoms with E-state index in [4.69, 9.17) is 19.0 Å². The first kappa shape index (κ1) is 23.6. The third-order valence-electron chi connectivity index (χ3n) is 5.75. The maximum absolute atomic E-state index is 5.96. The van der Waals surface area contributed by atoms with Crippen molar-refractivity contribution >= 4 is 5.71 Å². The Balaban J connectivity index is 1.25. The van der Waals surface area contributed by atoms with Gasteiger partial charge >= 0.3 is 0 Å². The molecule has 6 heteroatoms. The second-order valence-corrected chi connectivity index (χ2v) is 8.56. The Hall–Kier alpha value is -3.51. The molecule has 1 N–H and O–H groups in total. The predicted octanol–water partition coefficient (Wildman–Crippen LogP) is 5.18. The Morgan fingerprint density at radius 1 is 0.882 bits per heavy atom. The van der Waals surface area contributed by atoms with Crippen LogP contribution >= 0.6 is 0 Å². The highest BCUT2D eigenvalue weighted by Crippen LogP contribution is 2.32. The molecular formula is C28H32N2O4. The van der Waals surface area contributed by atoms with Crippen LogP contribution in [0.5, 0.6) is 17.2 Å². The van der Waals surface area contributed by atoms with Crippen molar-refractivity contribution in [2.75, 3.05) is 20.8 Å². The third kappa shape index (κ3) is 5.88. The van der Waals surface area contributed by atoms with Gasteiger partial charge in [-0.15, -0.1) is 0 Å². The van der Waals surface area contributed by atoms with E-state index in [0.717, 1.165) is 30.1 Å². The summed E-state index contributed by atoms with van der Waals surface area (Å²) >= 11 is 0. The SMILES string of the molecule is COc1cccc(OC)c1C1=NOC(COc2ccc(CNCc3cc(C)cc(C)c3)cc2)C1. The molecule has 0 amide bonds. The van der Waals surface area contributed by atoms with Crippen molar-refractivity contribution in [3.05, 3.63) is 88.5 Å². The summed E-state index contributed by atoms with van der Waals surface area (Å²) in [6, 6.07) is 20.5. The molecule has 0 spiro atoms. The van der Waals surface area contributed by atoms with E-state index in [9.17, 15) is 0 Å². The molecule has 0 saturated heterocycles. The Bertz CT molecular complexity index is 1100. The van der Waals surface area contributed by atoms with E-state index in [0.29, 0.717) is 24.5 Å². The monoisotopic (exact) mass is 460 g/mol. The van der Waals surface area contributed by atoms with E-state index >= 15 is 0 Å². The quantitative estimate of drug-likeness (QED) is 0.452. The third-order valence-corrected chi connectivity index (χ3v) is 5.75. The van der Waals surface area contributed by atoms with Gasteiger partial charge in [-0.1, -0.05) is 52.7 Å². The van der Waals surface area contributed by atoms with Gasteiger partial charge in [-0.3, -0.25) is 0 Å². The van der Waals surface area contributed by atoms with Crippen molar-refractivity contribution in [2.24, 2.45) is 5.16 Å². The number of nitrogens with zero attached hydrogens (tertiary/aromatic N) is 1. The van der Waals surface area contributed by atoms with Crippen molar-refractivity contribution in [3.8, 4) is 17.2 Å². The Morgan fingerprint density at radius 2 is 1.53 bits per heavy atom. The molecule has 4 rings (SSSR count). The zero-order valence-electron chi connectivity index (χ0n) is 20.3. The molecule has 0 fully saturated rings. The molecule has 1 atom stereocenters. The summed E-state index contributed by atoms with van der Waals surface area (Å²) in [5.74, 6) is 2.24. The van der Waals surface area contributed by atoms with Crippen LogP contribution in [0.1, 0.15) is 34.2 Å². The van der Waals surface area contributed by atoms with Gasteiger partial charge in [0.05, 0.1) is 25.5 Å². The lowest BCUT2D eigenvalue weighted by Gasteiger charge is -2.13. The van der Waals surface area contributed by atoms with Gasteiger partial charge in [-0.25, -0.2) is 0 Å². The van der Waals surface area contributed by atoms with Gasteiger partial charge < -0.3 is 24.4 Å². The molecule has 0 saturated carbocycles. The smallest absolute Gasteiger partial charge is 0.167 e. The Labute approximate surface area is 201 Å². The molecule has 34 heavy (non-hydrogen) atoms. The minimum atomic E-state index is -0.163. The summed E-state index contributed by atoms with van der Waals surface area (Å²) in [6.07, 6.45) is 0.459. The van der Waals surface area contributed by atoms with Crippen LogP contribution in [-0.4, -0.2) is 32.6 Å². The molecule has 178 valence electrons. The number of ether oxygens (including phenoxy) is 3. The molecule has 3 aromatic carbocycles. The summed E-state index contributed by atoms with van der Waals surface area (Å²) in [7, 11) is 3.27. The van der Waals surface area contributed by atoms with Crippen LogP contribution in [0.25, 0.3) is 0 Å². The first-order chi connectivity index (χ1) is 16.6. The van der Waals surface area contributed by atoms with Crippen molar-refractivity contribution in [2.45, 2.75) is 39.5 Å². The number of oxime groups is 1. The zero-order chi connectivity index (χ0) is 23.9. The van der Waals surface area contributed by atoms with Crippen molar-refractivity contribution in [3.63, 3.8) is 0 Å². The normalized spacial score (nSPS) is 14.9. The van der Waals surface area contributed by atoms with Crippen molar-refractivity contribution < 1.29 is 19.0 Å². The lowest BCUT2D eigenvalue weighted by atomic mass is 10.0. The van der Waals surface area contributed by atoms with E-state index in [2.05, 4.69) is 54.7 Å². The van der Waals surface area contributed by atoms with Crippen LogP contribution in [-0.2, 0) is 17.9 Å². The Morgan fingerprint density at radius 3 is 2.18 bits per heavy atom. The minimum absolute atomic E-state index is 0.163. The fourth-order valence-electron chi connectivity index (χ4n) is 4.22. The van der Waals surface area contributed by atoms with E-state index in [-0.39, 0.29) is 6.10 Å². The van der Waals surface area contributed by atoms with Gasteiger partial charge in [0.15, 0.2) is 6.10 Å². The number of rotatable bonds is 10. The molecule has 3 aromatic rings. The number of nitrogens with one attached hydrogen (secondary N) is 1. The summed E-state index contributed by atoms with van der Waals surface area (Å²) < 4.78 is 16.9. The molecule has 1 unspecified atom stereocenters. The van der Waals surface area contributed by atoms with E-state index in [1.807, 2.05) is 30.3 Å². The van der Waals surface area contributed by atoms with E-state index in [1.54, 1.807) is 14.2 Å². The lowest BCUT2D eigenvalue weighted by molar-refractivity contribution is 0.0471. The van der Waals surface area contributed by atoms with Gasteiger partial charge in [-0.2, -0.15) is 0 Å². The summed E-state index contributed by atoms with van der Waals surface area (Å²) in [5.41, 5.74) is 6.73. The summed E-state index contributed by atoms with van der Waals surface area (Å²) in [5, 5.41) is 7.78. The standard InChI is InChI=1S/C28H32N2O4/c1-19-12-20(2)14-22(13-19)17-29-16-21-8-10-23(11-9-21)33-18-24-15-25(30-34-24)28-26(31-3)6-5-7-27(28)32-4/h5-14,24,29H,15-18H2,1-4H3. The van der Waals surface area contributed by atoms with Gasteiger partial charge in [-0.05, 0) is 49.2 Å². The molecule has 1 aliphatic heterocycles. The highest BCUT2D eigenvalue weighted by molar-refractivity contribution is 6.05. The zero-order valence-corrected chi connectivity index (χ0v) is 20.3. The van der Waals surface area contributed by atoms with Crippen LogP contribution in [0.15, 0.2) is 65.8 Å². The highest BCUT2D eigenvalue weighted by Gasteiger charge is 2.27. The number of hydrogen-bond acceptors (Lipinski definition) is 6. The van der Waals surface area contributed by atoms with Crippen LogP contribution < -0.4 is 19.5 Å². The fraction of sp³-hybridized carbons (Fsp3) is 0.321. The van der Waals surface area contributed by atoms with Crippen LogP contribution in [0, 0.1) is 13.8 Å². The first-order valence-corrected chi connectivity index (χ1v) is 11.5. The van der Waals surface area contributed by atoms with Gasteiger partial charge in [0.25, 0.3) is 0 Å². The van der Waals surface area contributed by atoms with Gasteiger partial charge in [0.1, 0.15) is 23.9 Å². The predicted molar refractivity (Wildman–Crippen MR) is 134 cm³/mol. The molecule has 0 aliphatic carbocycles. The van der Waals surface area contributed by atoms with Crippen LogP contribution in [0.4, 0.5) is 0 Å². The second kappa shape index (κ2) is 11.1. The van der Waals surface area contributed by atoms with Crippen LogP contribution in [0.2, 0.25) is 0 Å². The molecule has 0 bridgehead atoms. The lowest BCUT2D eigenvalue weighted by Crippen LogP contribution is -2.18. The molecule has 6 nitrogen and oxygen atoms in total. The van der Waals surface area contributed by atoms with E-state index in [1.165, 1.54) is 22.3 Å². The van der Waals surface area contributed by atoms with Gasteiger partial charge in [0, 0.05) is 19.5 Å². The fourth-order valence-corrected chi connectivity index (χ4v) is 4.22. The average molecular weight is 461 g/mol. The molecule has 0 radical (unpaired) electrons. The van der Waals surface area contributed by atoms with Crippen molar-refractivity contribution in [1.82, 2.24) is 5.32 Å². The molecule has 1 aliphatic rings. The summed E-state index contributed by atoms with van der Waals surface area (Å²) in [6.45, 7) is 6.33. The number of methoxy groups -OCH3 is 2. The molecule has 1 heterocycles. The minimum Gasteiger partial charge on any atom is -0.496 e. The van der Waals surface area contributed by atoms with Crippen molar-refractivity contribution in [1.29, 1.82) is 0 Å². The maximum Gasteiger partial charge on any atom is 0.167 e. The molecule has 0 aromatic heterocycles. The maximum atomic E-state index is 5.96. The number of benzene rings is 3. The number of aryl methyl sites for hydroxylation is 2. The highest BCUT2D eigenvalue weighted by atomic mass is 16.7. The topological polar surface area (TPSA) is 61.3 Å². The largest absolute Gasteiger partial charge is 0.496 e. The van der Waals surface area contributed by atoms with E-state index < -0.39 is 0 Å². The molecular weight excluding hydrogens is 428 g/mol. The average Bonchev–Trinajstić information content (AvgIpc) is 3.31. The Kier molecular flexibility index (Phi) is 7.70. The second-order valence-electron chi connectivity index (χ2n) is 8.56. The van der Waals surface area contributed by atoms with Crippen LogP contribution in [0.3, 0.4) is 0 Å². The van der Waals surface area contributed by atoms with Gasteiger partial charge in [0.2, 0.25) is 0 Å². The summed E-state index contributed by atoms with van der Waals surface area (Å²) in [4.78, 5) is 5.62. The first-order valence-electron chi connectivity index (χ1n) is 11.5.